The van der Waals surface area contributed by atoms with Crippen LogP contribution in [0.5, 0.6) is 0 Å². The molecule has 2 aromatic heterocycles. The predicted octanol–water partition coefficient (Wildman–Crippen LogP) is 5.30. The topological polar surface area (TPSA) is 54.6 Å². The lowest BCUT2D eigenvalue weighted by atomic mass is 9.74. The van der Waals surface area contributed by atoms with E-state index in [0.717, 1.165) is 43.4 Å². The maximum atomic E-state index is 12.2. The van der Waals surface area contributed by atoms with Gasteiger partial charge >= 0.3 is 0 Å². The molecule has 2 aliphatic rings. The summed E-state index contributed by atoms with van der Waals surface area (Å²) in [7, 11) is 0. The Morgan fingerprint density at radius 2 is 2.04 bits per heavy atom. The van der Waals surface area contributed by atoms with Gasteiger partial charge in [-0.1, -0.05) is 27.2 Å². The van der Waals surface area contributed by atoms with Crippen molar-refractivity contribution in [3.05, 3.63) is 35.2 Å². The molecule has 0 aliphatic heterocycles. The zero-order valence-corrected chi connectivity index (χ0v) is 17.6. The van der Waals surface area contributed by atoms with E-state index in [1.807, 2.05) is 16.8 Å². The molecule has 0 radical (unpaired) electrons. The van der Waals surface area contributed by atoms with E-state index in [1.165, 1.54) is 30.3 Å². The minimum Gasteiger partial charge on any atom is -0.385 e. The number of aryl methyl sites for hydroxylation is 1. The SMILES string of the molecule is CC(C)(C)CC(=O)CCCc1nn2ccc(C3(O)CCC3)cc2c1C1CCC1. The molecule has 0 bridgehead atoms. The number of ketones is 1. The summed E-state index contributed by atoms with van der Waals surface area (Å²) in [5.41, 5.74) is 4.17. The molecule has 4 heteroatoms. The highest BCUT2D eigenvalue weighted by atomic mass is 16.3. The molecule has 0 atom stereocenters. The van der Waals surface area contributed by atoms with Gasteiger partial charge in [0, 0.05) is 24.6 Å². The first-order valence-electron chi connectivity index (χ1n) is 11.0. The first kappa shape index (κ1) is 19.6. The molecule has 0 saturated heterocycles. The molecule has 2 heterocycles. The molecule has 28 heavy (non-hydrogen) atoms. The van der Waals surface area contributed by atoms with Crippen molar-refractivity contribution < 1.29 is 9.90 Å². The lowest BCUT2D eigenvalue weighted by molar-refractivity contribution is -0.120. The van der Waals surface area contributed by atoms with Crippen molar-refractivity contribution in [2.24, 2.45) is 5.41 Å². The predicted molar refractivity (Wildman–Crippen MR) is 112 cm³/mol. The van der Waals surface area contributed by atoms with Crippen molar-refractivity contribution in [1.29, 1.82) is 0 Å². The maximum absolute atomic E-state index is 12.2. The number of aromatic nitrogens is 2. The summed E-state index contributed by atoms with van der Waals surface area (Å²) in [6, 6.07) is 4.20. The van der Waals surface area contributed by atoms with Gasteiger partial charge in [0.05, 0.1) is 16.8 Å². The average Bonchev–Trinajstić information content (AvgIpc) is 2.87. The van der Waals surface area contributed by atoms with Gasteiger partial charge in [-0.25, -0.2) is 4.52 Å². The number of rotatable bonds is 7. The van der Waals surface area contributed by atoms with Crippen molar-refractivity contribution in [2.45, 2.75) is 96.5 Å². The second kappa shape index (κ2) is 7.29. The second-order valence-electron chi connectivity index (χ2n) is 10.2. The molecule has 2 saturated carbocycles. The van der Waals surface area contributed by atoms with E-state index < -0.39 is 5.60 Å². The number of hydrogen-bond acceptors (Lipinski definition) is 3. The van der Waals surface area contributed by atoms with E-state index in [9.17, 15) is 9.90 Å². The van der Waals surface area contributed by atoms with Crippen molar-refractivity contribution >= 4 is 11.3 Å². The summed E-state index contributed by atoms with van der Waals surface area (Å²) in [6.07, 6.45) is 11.6. The van der Waals surface area contributed by atoms with Gasteiger partial charge in [0.15, 0.2) is 0 Å². The van der Waals surface area contributed by atoms with E-state index in [1.54, 1.807) is 0 Å². The van der Waals surface area contributed by atoms with Gasteiger partial charge in [-0.2, -0.15) is 5.10 Å². The van der Waals surface area contributed by atoms with Gasteiger partial charge in [-0.05, 0) is 74.0 Å². The zero-order valence-electron chi connectivity index (χ0n) is 17.6. The number of carbonyl (C=O) groups is 1. The van der Waals surface area contributed by atoms with Crippen LogP contribution in [0.15, 0.2) is 18.3 Å². The summed E-state index contributed by atoms with van der Waals surface area (Å²) >= 11 is 0. The van der Waals surface area contributed by atoms with Crippen LogP contribution in [0.3, 0.4) is 0 Å². The standard InChI is InChI=1S/C24H34N2O2/c1-23(2,3)16-19(27)9-5-10-20-22(17-7-4-8-17)21-15-18(11-14-26(21)25-20)24(28)12-6-13-24/h11,14-15,17,28H,4-10,12-13,16H2,1-3H3. The maximum Gasteiger partial charge on any atom is 0.133 e. The van der Waals surface area contributed by atoms with Crippen LogP contribution in [0.1, 0.15) is 101 Å². The molecule has 0 amide bonds. The lowest BCUT2D eigenvalue weighted by Gasteiger charge is -2.37. The van der Waals surface area contributed by atoms with Crippen molar-refractivity contribution in [3.63, 3.8) is 0 Å². The molecule has 1 N–H and O–H groups in total. The fourth-order valence-corrected chi connectivity index (χ4v) is 4.66. The third-order valence-electron chi connectivity index (χ3n) is 6.58. The van der Waals surface area contributed by atoms with Crippen LogP contribution < -0.4 is 0 Å². The van der Waals surface area contributed by atoms with Crippen LogP contribution in [-0.2, 0) is 16.8 Å². The van der Waals surface area contributed by atoms with Gasteiger partial charge in [-0.15, -0.1) is 0 Å². The van der Waals surface area contributed by atoms with Crippen molar-refractivity contribution in [1.82, 2.24) is 9.61 Å². The molecule has 152 valence electrons. The Bertz CT molecular complexity index is 867. The minimum atomic E-state index is -0.636. The van der Waals surface area contributed by atoms with Gasteiger partial charge in [0.1, 0.15) is 5.78 Å². The Morgan fingerprint density at radius 1 is 1.29 bits per heavy atom. The van der Waals surface area contributed by atoms with E-state index in [4.69, 9.17) is 5.10 Å². The summed E-state index contributed by atoms with van der Waals surface area (Å²) in [6.45, 7) is 6.36. The van der Waals surface area contributed by atoms with Crippen LogP contribution in [-0.4, -0.2) is 20.5 Å². The quantitative estimate of drug-likeness (QED) is 0.707. The largest absolute Gasteiger partial charge is 0.385 e. The van der Waals surface area contributed by atoms with Gasteiger partial charge in [0.25, 0.3) is 0 Å². The zero-order chi connectivity index (χ0) is 19.9. The molecule has 0 aromatic carbocycles. The summed E-state index contributed by atoms with van der Waals surface area (Å²) in [5, 5.41) is 15.7. The highest BCUT2D eigenvalue weighted by Crippen LogP contribution is 2.44. The fourth-order valence-electron chi connectivity index (χ4n) is 4.66. The van der Waals surface area contributed by atoms with Gasteiger partial charge in [-0.3, -0.25) is 4.79 Å². The van der Waals surface area contributed by atoms with Gasteiger partial charge < -0.3 is 5.11 Å². The van der Waals surface area contributed by atoms with E-state index in [0.29, 0.717) is 24.5 Å². The monoisotopic (exact) mass is 382 g/mol. The number of fused-ring (bicyclic) bond motifs is 1. The average molecular weight is 383 g/mol. The van der Waals surface area contributed by atoms with E-state index in [-0.39, 0.29) is 5.41 Å². The Kier molecular flexibility index (Phi) is 5.11. The second-order valence-corrected chi connectivity index (χ2v) is 10.2. The first-order chi connectivity index (χ1) is 13.3. The molecule has 4 rings (SSSR count). The van der Waals surface area contributed by atoms with Crippen LogP contribution >= 0.6 is 0 Å². The summed E-state index contributed by atoms with van der Waals surface area (Å²) < 4.78 is 1.99. The molecular weight excluding hydrogens is 348 g/mol. The smallest absolute Gasteiger partial charge is 0.133 e. The number of aliphatic hydroxyl groups is 1. The third kappa shape index (κ3) is 3.89. The summed E-state index contributed by atoms with van der Waals surface area (Å²) in [4.78, 5) is 12.2. The summed E-state index contributed by atoms with van der Waals surface area (Å²) in [5.74, 6) is 0.944. The molecule has 4 nitrogen and oxygen atoms in total. The number of Topliss-reactive ketones (excluding diaryl/α,β-unsaturated/α-hetero) is 1. The van der Waals surface area contributed by atoms with Gasteiger partial charge in [0.2, 0.25) is 0 Å². The molecule has 2 aromatic rings. The molecule has 2 fully saturated rings. The molecular formula is C24H34N2O2. The fraction of sp³-hybridized carbons (Fsp3) is 0.667. The van der Waals surface area contributed by atoms with E-state index in [2.05, 4.69) is 26.8 Å². The molecule has 0 unspecified atom stereocenters. The number of pyridine rings is 1. The van der Waals surface area contributed by atoms with Crippen LogP contribution in [0.25, 0.3) is 5.52 Å². The normalized spacial score (nSPS) is 19.4. The highest BCUT2D eigenvalue weighted by Gasteiger charge is 2.37. The van der Waals surface area contributed by atoms with E-state index >= 15 is 0 Å². The Labute approximate surface area is 168 Å². The minimum absolute atomic E-state index is 0.0649. The van der Waals surface area contributed by atoms with Crippen LogP contribution in [0.2, 0.25) is 0 Å². The third-order valence-corrected chi connectivity index (χ3v) is 6.58. The number of carbonyl (C=O) groups excluding carboxylic acids is 1. The highest BCUT2D eigenvalue weighted by molar-refractivity contribution is 5.79. The van der Waals surface area contributed by atoms with Crippen molar-refractivity contribution in [2.75, 3.05) is 0 Å². The van der Waals surface area contributed by atoms with Crippen LogP contribution in [0.4, 0.5) is 0 Å². The van der Waals surface area contributed by atoms with Crippen molar-refractivity contribution in [3.8, 4) is 0 Å². The first-order valence-corrected chi connectivity index (χ1v) is 11.0. The molecule has 0 spiro atoms. The van der Waals surface area contributed by atoms with Crippen LogP contribution in [0, 0.1) is 5.41 Å². The number of hydrogen-bond donors (Lipinski definition) is 1. The Hall–Kier alpha value is -1.68. The number of nitrogens with zero attached hydrogens (tertiary/aromatic N) is 2. The lowest BCUT2D eigenvalue weighted by Crippen LogP contribution is -2.33. The molecule has 2 aliphatic carbocycles. The Morgan fingerprint density at radius 3 is 2.61 bits per heavy atom. The Balaban J connectivity index is 1.55.